The number of carbonyl (C=O) groups is 2. The van der Waals surface area contributed by atoms with Crippen LogP contribution in [-0.4, -0.2) is 49.0 Å². The van der Waals surface area contributed by atoms with E-state index >= 15 is 0 Å². The van der Waals surface area contributed by atoms with Crippen LogP contribution in [0.3, 0.4) is 0 Å². The second kappa shape index (κ2) is 8.19. The second-order valence-electron chi connectivity index (χ2n) is 12.8. The minimum Gasteiger partial charge on any atom is -0.294 e. The quantitative estimate of drug-likeness (QED) is 0.387. The normalized spacial score (nSPS) is 35.6. The van der Waals surface area contributed by atoms with E-state index in [1.165, 1.54) is 0 Å². The molecule has 1 aromatic carbocycles. The summed E-state index contributed by atoms with van der Waals surface area (Å²) in [4.78, 5) is 26.9. The Morgan fingerprint density at radius 1 is 0.711 bits per heavy atom. The van der Waals surface area contributed by atoms with Crippen molar-refractivity contribution in [3.63, 3.8) is 0 Å². The van der Waals surface area contributed by atoms with Crippen LogP contribution in [0.15, 0.2) is 35.4 Å². The molecular weight excluding hydrogens is 528 g/mol. The van der Waals surface area contributed by atoms with Gasteiger partial charge in [-0.25, -0.2) is 0 Å². The molecule has 8 nitrogen and oxygen atoms in total. The SMILES string of the molecule is CC1(C)[C@@H]2CC[C@@]1(CS(=O)(=O)O)C(=O)/C2=C/c1ccc(/C=C2\C(=O)[C@]3(CS(=O)(=O)O)CC[C@@H]2C3(C)C)cc1. The molecule has 0 radical (unpaired) electrons. The predicted octanol–water partition coefficient (Wildman–Crippen LogP) is 4.24. The number of fused-ring (bicyclic) bond motifs is 4. The largest absolute Gasteiger partial charge is 0.294 e. The summed E-state index contributed by atoms with van der Waals surface area (Å²) in [5, 5.41) is 0. The molecule has 0 aliphatic heterocycles. The standard InChI is InChI=1S/C28H34O8S2/c1-25(2)21-9-11-27(25,15-37(31,32)33)23(29)19(21)13-17-5-7-18(8-6-17)14-20-22-10-12-28(24(20)30,26(22,3)4)16-38(34,35)36/h5-8,13-14,21-22H,9-12,15-16H2,1-4H3,(H,31,32,33)(H,34,35,36)/b19-13-,20-14+/t21-,22+,27+,28+/m0/s1. The van der Waals surface area contributed by atoms with Crippen LogP contribution in [0.2, 0.25) is 0 Å². The third kappa shape index (κ3) is 3.82. The number of rotatable bonds is 6. The molecule has 206 valence electrons. The first-order chi connectivity index (χ1) is 17.3. The van der Waals surface area contributed by atoms with Crippen LogP contribution in [-0.2, 0) is 29.8 Å². The van der Waals surface area contributed by atoms with Crippen LogP contribution < -0.4 is 0 Å². The molecule has 4 saturated carbocycles. The Kier molecular flexibility index (Phi) is 5.91. The van der Waals surface area contributed by atoms with E-state index in [-0.39, 0.29) is 23.4 Å². The average molecular weight is 563 g/mol. The molecule has 0 saturated heterocycles. The maximum absolute atomic E-state index is 13.4. The Bertz CT molecular complexity index is 1400. The molecule has 0 spiro atoms. The summed E-state index contributed by atoms with van der Waals surface area (Å²) < 4.78 is 66.1. The summed E-state index contributed by atoms with van der Waals surface area (Å²) in [5.41, 5.74) is -0.762. The molecule has 0 aromatic heterocycles. The van der Waals surface area contributed by atoms with E-state index in [1.54, 1.807) is 12.2 Å². The van der Waals surface area contributed by atoms with Gasteiger partial charge >= 0.3 is 0 Å². The van der Waals surface area contributed by atoms with Crippen molar-refractivity contribution in [2.24, 2.45) is 33.5 Å². The highest BCUT2D eigenvalue weighted by atomic mass is 32.2. The van der Waals surface area contributed by atoms with E-state index in [0.717, 1.165) is 11.1 Å². The summed E-state index contributed by atoms with van der Waals surface area (Å²) in [6.45, 7) is 7.58. The molecule has 1 aromatic rings. The lowest BCUT2D eigenvalue weighted by molar-refractivity contribution is -0.125. The van der Waals surface area contributed by atoms with Crippen molar-refractivity contribution in [1.82, 2.24) is 0 Å². The van der Waals surface area contributed by atoms with Gasteiger partial charge in [-0.05, 0) is 71.6 Å². The summed E-state index contributed by atoms with van der Waals surface area (Å²) >= 11 is 0. The minimum absolute atomic E-state index is 0.105. The molecule has 38 heavy (non-hydrogen) atoms. The van der Waals surface area contributed by atoms with Gasteiger partial charge in [-0.1, -0.05) is 52.0 Å². The van der Waals surface area contributed by atoms with Crippen molar-refractivity contribution in [2.75, 3.05) is 11.5 Å². The Morgan fingerprint density at radius 3 is 1.32 bits per heavy atom. The maximum atomic E-state index is 13.4. The fourth-order valence-electron chi connectivity index (χ4n) is 8.23. The molecule has 10 heteroatoms. The smallest absolute Gasteiger partial charge is 0.265 e. The summed E-state index contributed by atoms with van der Waals surface area (Å²) in [5.74, 6) is -1.80. The van der Waals surface area contributed by atoms with E-state index in [4.69, 9.17) is 0 Å². The van der Waals surface area contributed by atoms with Crippen molar-refractivity contribution >= 4 is 44.0 Å². The third-order valence-electron chi connectivity index (χ3n) is 10.5. The number of Topliss-reactive ketones (excluding diaryl/α,β-unsaturated/α-hetero) is 2. The van der Waals surface area contributed by atoms with E-state index in [9.17, 15) is 35.5 Å². The van der Waals surface area contributed by atoms with Crippen LogP contribution in [0.25, 0.3) is 12.2 Å². The van der Waals surface area contributed by atoms with E-state index in [0.29, 0.717) is 36.8 Å². The highest BCUT2D eigenvalue weighted by Gasteiger charge is 2.68. The first-order valence-corrected chi connectivity index (χ1v) is 16.1. The molecule has 0 amide bonds. The molecular formula is C28H34O8S2. The zero-order valence-electron chi connectivity index (χ0n) is 22.0. The first-order valence-electron chi connectivity index (χ1n) is 12.9. The number of allylic oxidation sites excluding steroid dienone is 2. The topological polar surface area (TPSA) is 143 Å². The third-order valence-corrected chi connectivity index (χ3v) is 12.2. The van der Waals surface area contributed by atoms with Gasteiger partial charge in [0.1, 0.15) is 0 Å². The van der Waals surface area contributed by atoms with Gasteiger partial charge in [0.15, 0.2) is 11.6 Å². The molecule has 4 atom stereocenters. The van der Waals surface area contributed by atoms with Gasteiger partial charge in [-0.3, -0.25) is 18.7 Å². The molecule has 4 aliphatic rings. The van der Waals surface area contributed by atoms with Crippen LogP contribution in [0, 0.1) is 33.5 Å². The lowest BCUT2D eigenvalue weighted by Gasteiger charge is -2.34. The van der Waals surface area contributed by atoms with Crippen molar-refractivity contribution < 1.29 is 35.5 Å². The van der Waals surface area contributed by atoms with Gasteiger partial charge in [0.05, 0.1) is 22.3 Å². The summed E-state index contributed by atoms with van der Waals surface area (Å²) in [7, 11) is -8.66. The minimum atomic E-state index is -4.33. The Morgan fingerprint density at radius 2 is 1.03 bits per heavy atom. The number of carbonyl (C=O) groups excluding carboxylic acids is 2. The number of benzene rings is 1. The highest BCUT2D eigenvalue weighted by Crippen LogP contribution is 2.67. The Hall–Kier alpha value is -2.14. The molecule has 2 N–H and O–H groups in total. The monoisotopic (exact) mass is 562 g/mol. The van der Waals surface area contributed by atoms with Crippen LogP contribution >= 0.6 is 0 Å². The fourth-order valence-corrected chi connectivity index (χ4v) is 10.8. The predicted molar refractivity (Wildman–Crippen MR) is 143 cm³/mol. The average Bonchev–Trinajstić information content (AvgIpc) is 3.27. The van der Waals surface area contributed by atoms with Gasteiger partial charge in [-0.15, -0.1) is 0 Å². The highest BCUT2D eigenvalue weighted by molar-refractivity contribution is 7.86. The lowest BCUT2D eigenvalue weighted by Crippen LogP contribution is -2.42. The maximum Gasteiger partial charge on any atom is 0.265 e. The molecule has 0 heterocycles. The van der Waals surface area contributed by atoms with Crippen LogP contribution in [0.5, 0.6) is 0 Å². The molecule has 5 rings (SSSR count). The van der Waals surface area contributed by atoms with Gasteiger partial charge in [0, 0.05) is 11.1 Å². The van der Waals surface area contributed by atoms with Crippen molar-refractivity contribution in [3.05, 3.63) is 46.5 Å². The van der Waals surface area contributed by atoms with E-state index in [1.807, 2.05) is 52.0 Å². The number of ketones is 2. The van der Waals surface area contributed by atoms with Gasteiger partial charge in [-0.2, -0.15) is 16.8 Å². The number of hydrogen-bond acceptors (Lipinski definition) is 6. The van der Waals surface area contributed by atoms with Crippen molar-refractivity contribution in [1.29, 1.82) is 0 Å². The van der Waals surface area contributed by atoms with Gasteiger partial charge < -0.3 is 0 Å². The summed E-state index contributed by atoms with van der Waals surface area (Å²) in [6, 6.07) is 7.33. The number of hydrogen-bond donors (Lipinski definition) is 2. The molecule has 4 aliphatic carbocycles. The second-order valence-corrected chi connectivity index (χ2v) is 15.7. The zero-order chi connectivity index (χ0) is 28.1. The van der Waals surface area contributed by atoms with Gasteiger partial charge in [0.2, 0.25) is 0 Å². The Labute approximate surface area is 224 Å². The van der Waals surface area contributed by atoms with Crippen molar-refractivity contribution in [3.8, 4) is 0 Å². The fraction of sp³-hybridized carbons (Fsp3) is 0.571. The van der Waals surface area contributed by atoms with Crippen molar-refractivity contribution in [2.45, 2.75) is 53.4 Å². The Balaban J connectivity index is 1.44. The van der Waals surface area contributed by atoms with E-state index < -0.39 is 53.4 Å². The zero-order valence-corrected chi connectivity index (χ0v) is 23.7. The summed E-state index contributed by atoms with van der Waals surface area (Å²) in [6.07, 6.45) is 5.80. The molecule has 0 unspecified atom stereocenters. The molecule has 4 bridgehead atoms. The molecule has 4 fully saturated rings. The lowest BCUT2D eigenvalue weighted by atomic mass is 9.70. The van der Waals surface area contributed by atoms with Gasteiger partial charge in [0.25, 0.3) is 20.2 Å². The van der Waals surface area contributed by atoms with Crippen LogP contribution in [0.1, 0.15) is 64.5 Å². The van der Waals surface area contributed by atoms with Crippen LogP contribution in [0.4, 0.5) is 0 Å². The first kappa shape index (κ1) is 27.4. The van der Waals surface area contributed by atoms with E-state index in [2.05, 4.69) is 0 Å².